The molecule has 4 nitrogen and oxygen atoms in total. The second-order valence-corrected chi connectivity index (χ2v) is 4.71. The Morgan fingerprint density at radius 3 is 2.75 bits per heavy atom. The molecule has 1 aliphatic heterocycles. The molecule has 3 rings (SSSR count). The van der Waals surface area contributed by atoms with Crippen LogP contribution in [0.5, 0.6) is 5.75 Å². The highest BCUT2D eigenvalue weighted by Gasteiger charge is 2.24. The molecule has 1 heterocycles. The lowest BCUT2D eigenvalue weighted by Crippen LogP contribution is -2.10. The van der Waals surface area contributed by atoms with Crippen LogP contribution in [0.15, 0.2) is 24.3 Å². The predicted octanol–water partition coefficient (Wildman–Crippen LogP) is 2.88. The number of nitriles is 2. The quantitative estimate of drug-likeness (QED) is 0.739. The molecule has 0 saturated heterocycles. The molecular formula is C16H11N3O. The minimum atomic E-state index is 0.239. The van der Waals surface area contributed by atoms with Gasteiger partial charge in [-0.3, -0.25) is 0 Å². The van der Waals surface area contributed by atoms with E-state index in [0.29, 0.717) is 17.7 Å². The van der Waals surface area contributed by atoms with Crippen LogP contribution < -0.4 is 10.5 Å². The maximum absolute atomic E-state index is 9.41. The van der Waals surface area contributed by atoms with E-state index in [0.717, 1.165) is 28.0 Å². The highest BCUT2D eigenvalue weighted by Crippen LogP contribution is 2.43. The maximum Gasteiger partial charge on any atom is 0.130 e. The molecule has 2 aromatic rings. The summed E-state index contributed by atoms with van der Waals surface area (Å²) in [5.74, 6) is 0.778. The van der Waals surface area contributed by atoms with E-state index in [4.69, 9.17) is 15.7 Å². The first-order valence-corrected chi connectivity index (χ1v) is 6.15. The molecule has 0 atom stereocenters. The zero-order valence-electron chi connectivity index (χ0n) is 10.9. The van der Waals surface area contributed by atoms with Gasteiger partial charge in [0.05, 0.1) is 16.8 Å². The summed E-state index contributed by atoms with van der Waals surface area (Å²) in [6.45, 7) is 2.31. The molecule has 96 valence electrons. The Balaban J connectivity index is 2.42. The second kappa shape index (κ2) is 4.29. The largest absolute Gasteiger partial charge is 0.488 e. The number of nitrogens with two attached hydrogens (primary N) is 1. The molecule has 2 aromatic carbocycles. The Hall–Kier alpha value is -2.98. The summed E-state index contributed by atoms with van der Waals surface area (Å²) in [4.78, 5) is 0. The number of ether oxygens (including phenoxy) is 1. The molecule has 20 heavy (non-hydrogen) atoms. The van der Waals surface area contributed by atoms with Crippen molar-refractivity contribution in [1.29, 1.82) is 10.5 Å². The van der Waals surface area contributed by atoms with Crippen molar-refractivity contribution in [3.8, 4) is 29.0 Å². The number of hydrogen-bond donors (Lipinski definition) is 1. The Bertz CT molecular complexity index is 810. The van der Waals surface area contributed by atoms with Crippen molar-refractivity contribution >= 4 is 5.69 Å². The van der Waals surface area contributed by atoms with E-state index in [1.54, 1.807) is 6.07 Å². The molecule has 0 aromatic heterocycles. The number of aryl methyl sites for hydroxylation is 1. The normalized spacial score (nSPS) is 11.6. The Morgan fingerprint density at radius 1 is 1.25 bits per heavy atom. The minimum Gasteiger partial charge on any atom is -0.488 e. The van der Waals surface area contributed by atoms with Crippen molar-refractivity contribution in [1.82, 2.24) is 0 Å². The average Bonchev–Trinajstić information content (AvgIpc) is 2.47. The number of anilines is 1. The number of hydrogen-bond acceptors (Lipinski definition) is 4. The fraction of sp³-hybridized carbons (Fsp3) is 0.125. The lowest BCUT2D eigenvalue weighted by molar-refractivity contribution is 0.300. The van der Waals surface area contributed by atoms with Crippen molar-refractivity contribution < 1.29 is 4.74 Å². The molecule has 4 heteroatoms. The zero-order valence-corrected chi connectivity index (χ0v) is 10.9. The van der Waals surface area contributed by atoms with Gasteiger partial charge in [-0.1, -0.05) is 18.2 Å². The van der Waals surface area contributed by atoms with Crippen LogP contribution in [0.3, 0.4) is 0 Å². The molecule has 0 saturated carbocycles. The number of benzene rings is 2. The summed E-state index contributed by atoms with van der Waals surface area (Å²) in [6.07, 6.45) is 0. The Kier molecular flexibility index (Phi) is 2.59. The van der Waals surface area contributed by atoms with E-state index < -0.39 is 0 Å². The lowest BCUT2D eigenvalue weighted by atomic mass is 9.88. The van der Waals surface area contributed by atoms with Gasteiger partial charge < -0.3 is 10.5 Å². The first-order valence-electron chi connectivity index (χ1n) is 6.15. The van der Waals surface area contributed by atoms with Crippen molar-refractivity contribution in [3.63, 3.8) is 0 Å². The Labute approximate surface area is 116 Å². The third-order valence-corrected chi connectivity index (χ3v) is 3.53. The van der Waals surface area contributed by atoms with Crippen molar-refractivity contribution in [2.24, 2.45) is 0 Å². The molecule has 0 fully saturated rings. The molecule has 2 N–H and O–H groups in total. The summed E-state index contributed by atoms with van der Waals surface area (Å²) in [6, 6.07) is 11.6. The fourth-order valence-electron chi connectivity index (χ4n) is 2.57. The monoisotopic (exact) mass is 261 g/mol. The van der Waals surface area contributed by atoms with E-state index in [1.165, 1.54) is 0 Å². The number of nitrogens with zero attached hydrogens (tertiary/aromatic N) is 2. The highest BCUT2D eigenvalue weighted by atomic mass is 16.5. The minimum absolute atomic E-state index is 0.239. The third-order valence-electron chi connectivity index (χ3n) is 3.53. The van der Waals surface area contributed by atoms with Crippen molar-refractivity contribution in [2.45, 2.75) is 13.5 Å². The van der Waals surface area contributed by atoms with Gasteiger partial charge >= 0.3 is 0 Å². The fourth-order valence-corrected chi connectivity index (χ4v) is 2.57. The van der Waals surface area contributed by atoms with E-state index in [2.05, 4.69) is 6.07 Å². The van der Waals surface area contributed by atoms with Gasteiger partial charge in [0.25, 0.3) is 0 Å². The van der Waals surface area contributed by atoms with Gasteiger partial charge in [-0.15, -0.1) is 0 Å². The van der Waals surface area contributed by atoms with Gasteiger partial charge in [0.2, 0.25) is 0 Å². The average molecular weight is 261 g/mol. The summed E-state index contributed by atoms with van der Waals surface area (Å²) in [7, 11) is 0. The van der Waals surface area contributed by atoms with E-state index in [1.807, 2.05) is 31.2 Å². The van der Waals surface area contributed by atoms with Crippen LogP contribution >= 0.6 is 0 Å². The summed E-state index contributed by atoms with van der Waals surface area (Å²) >= 11 is 0. The van der Waals surface area contributed by atoms with Crippen LogP contribution in [0.2, 0.25) is 0 Å². The van der Waals surface area contributed by atoms with Gasteiger partial charge in [-0.2, -0.15) is 10.5 Å². The molecule has 0 bridgehead atoms. The molecule has 1 aliphatic rings. The molecule has 0 amide bonds. The first-order chi connectivity index (χ1) is 9.67. The van der Waals surface area contributed by atoms with E-state index in [9.17, 15) is 5.26 Å². The van der Waals surface area contributed by atoms with E-state index >= 15 is 0 Å². The maximum atomic E-state index is 9.41. The molecule has 0 aliphatic carbocycles. The number of rotatable bonds is 0. The van der Waals surface area contributed by atoms with Gasteiger partial charge in [-0.25, -0.2) is 0 Å². The van der Waals surface area contributed by atoms with Crippen LogP contribution in [-0.2, 0) is 6.61 Å². The molecule has 0 unspecified atom stereocenters. The zero-order chi connectivity index (χ0) is 14.3. The number of para-hydroxylation sites is 1. The highest BCUT2D eigenvalue weighted by molar-refractivity contribution is 5.87. The lowest BCUT2D eigenvalue weighted by Gasteiger charge is -2.24. The Morgan fingerprint density at radius 2 is 2.05 bits per heavy atom. The predicted molar refractivity (Wildman–Crippen MR) is 74.8 cm³/mol. The van der Waals surface area contributed by atoms with Gasteiger partial charge in [-0.05, 0) is 18.6 Å². The second-order valence-electron chi connectivity index (χ2n) is 4.71. The third kappa shape index (κ3) is 1.52. The molecule has 0 radical (unpaired) electrons. The summed E-state index contributed by atoms with van der Waals surface area (Å²) in [5.41, 5.74) is 10.3. The van der Waals surface area contributed by atoms with Crippen LogP contribution in [0.1, 0.15) is 22.3 Å². The smallest absolute Gasteiger partial charge is 0.130 e. The van der Waals surface area contributed by atoms with Crippen molar-refractivity contribution in [3.05, 3.63) is 46.5 Å². The summed E-state index contributed by atoms with van der Waals surface area (Å²) in [5, 5.41) is 18.5. The summed E-state index contributed by atoms with van der Waals surface area (Å²) < 4.78 is 5.76. The standard InChI is InChI=1S/C16H11N3O/c1-9-3-2-4-12-14-11(8-20-16(9)12)5-10(6-17)15(19)13(14)7-18/h2-5H,8,19H2,1H3. The van der Waals surface area contributed by atoms with Crippen molar-refractivity contribution in [2.75, 3.05) is 5.73 Å². The van der Waals surface area contributed by atoms with Crippen LogP contribution in [0.4, 0.5) is 5.69 Å². The van der Waals surface area contributed by atoms with Crippen LogP contribution in [0, 0.1) is 29.6 Å². The van der Waals surface area contributed by atoms with Gasteiger partial charge in [0.1, 0.15) is 24.5 Å². The van der Waals surface area contributed by atoms with Gasteiger partial charge in [0, 0.05) is 16.7 Å². The molecule has 0 spiro atoms. The van der Waals surface area contributed by atoms with Gasteiger partial charge in [0.15, 0.2) is 0 Å². The number of fused-ring (bicyclic) bond motifs is 3. The molecular weight excluding hydrogens is 250 g/mol. The van der Waals surface area contributed by atoms with E-state index in [-0.39, 0.29) is 5.69 Å². The SMILES string of the molecule is Cc1cccc2c1OCc1cc(C#N)c(N)c(C#N)c1-2. The van der Waals surface area contributed by atoms with Crippen LogP contribution in [-0.4, -0.2) is 0 Å². The van der Waals surface area contributed by atoms with Crippen LogP contribution in [0.25, 0.3) is 11.1 Å². The number of nitrogen functional groups attached to an aromatic ring is 1. The topological polar surface area (TPSA) is 82.8 Å². The first kappa shape index (κ1) is 12.1.